The number of hydrogen-bond donors (Lipinski definition) is 13. The van der Waals surface area contributed by atoms with Gasteiger partial charge in [-0.1, -0.05) is 48.5 Å². The first-order valence-corrected chi connectivity index (χ1v) is 37.2. The smallest absolute Gasteiger partial charge is 0.407 e. The zero-order valence-electron chi connectivity index (χ0n) is 65.0. The van der Waals surface area contributed by atoms with Gasteiger partial charge in [0.05, 0.1) is 236 Å². The number of aliphatic carboxylic acids is 9. The van der Waals surface area contributed by atoms with Gasteiger partial charge in [-0.2, -0.15) is 0 Å². The van der Waals surface area contributed by atoms with E-state index in [0.717, 1.165) is 27.1 Å². The summed E-state index contributed by atoms with van der Waals surface area (Å²) in [6.45, 7) is -12.4. The molecule has 0 spiro atoms. The quantitative estimate of drug-likeness (QED) is 0.0281. The number of hydrogen-bond acceptors (Lipinski definition) is 29. The molecule has 0 radical (unpaired) electrons. The fourth-order valence-electron chi connectivity index (χ4n) is 10.8. The predicted molar refractivity (Wildman–Crippen MR) is 400 cm³/mol. The van der Waals surface area contributed by atoms with Crippen molar-refractivity contribution in [2.24, 2.45) is 5.41 Å². The lowest BCUT2D eigenvalue weighted by Crippen LogP contribution is -2.59. The highest BCUT2D eigenvalue weighted by Gasteiger charge is 2.39. The Hall–Kier alpha value is -9.80. The summed E-state index contributed by atoms with van der Waals surface area (Å²) in [6, 6.07) is 17.4. The number of fused-ring (bicyclic) bond motifs is 2. The van der Waals surface area contributed by atoms with Gasteiger partial charge in [0.1, 0.15) is 29.8 Å². The molecule has 0 atom stereocenters. The molecule has 0 bridgehead atoms. The van der Waals surface area contributed by atoms with E-state index in [9.17, 15) is 113 Å². The Morgan fingerprint density at radius 2 is 0.547 bits per heavy atom. The highest BCUT2D eigenvalue weighted by atomic mass is 16.6. The second-order valence-electron chi connectivity index (χ2n) is 26.8. The van der Waals surface area contributed by atoms with Crippen molar-refractivity contribution in [3.63, 3.8) is 0 Å². The summed E-state index contributed by atoms with van der Waals surface area (Å²) in [6.07, 6.45) is -7.39. The lowest BCUT2D eigenvalue weighted by Gasteiger charge is -2.35. The van der Waals surface area contributed by atoms with Crippen molar-refractivity contribution < 1.29 is 184 Å². The number of amides is 4. The summed E-state index contributed by atoms with van der Waals surface area (Å²) < 4.78 is 85.9. The summed E-state index contributed by atoms with van der Waals surface area (Å²) in [7, 11) is 0. The Morgan fingerprint density at radius 1 is 0.291 bits per heavy atom. The van der Waals surface area contributed by atoms with Crippen molar-refractivity contribution in [1.29, 1.82) is 0 Å². The highest BCUT2D eigenvalue weighted by molar-refractivity contribution is 6.02. The number of carbonyl (C=O) groups is 14. The van der Waals surface area contributed by atoms with Crippen LogP contribution in [0.15, 0.2) is 54.6 Å². The number of carboxylic acid groups (broad SMARTS) is 9. The molecule has 3 aromatic rings. The average molecular weight is 1670 g/mol. The van der Waals surface area contributed by atoms with E-state index in [4.69, 9.17) is 71.1 Å². The summed E-state index contributed by atoms with van der Waals surface area (Å²) in [4.78, 5) is 172. The number of ketones is 1. The average Bonchev–Trinajstić information content (AvgIpc) is 0.777. The van der Waals surface area contributed by atoms with Crippen LogP contribution in [0.2, 0.25) is 0 Å². The van der Waals surface area contributed by atoms with E-state index < -0.39 is 354 Å². The molecule has 0 aliphatic rings. The normalized spacial score (nSPS) is 11.8. The number of benzene rings is 3. The summed E-state index contributed by atoms with van der Waals surface area (Å²) >= 11 is 0. The molecule has 4 amide bonds. The SMILES string of the molecule is O=C(O)CCOCC(COCCC(=O)O)(COCCC(=O)O)NC(=O)CCOCC(COCCC(=O)NC(COCCC(=O)O)(COCCC(=O)O)COCCC(=O)O)(COCCC(=O)NC(COCCC(=O)O)(COCCC(=O)O)COCCC(=O)O)CC(=O)COCCOCCNC(=O)OCc1c2ccccc2cc2ccccc12. The number of alkyl carbamates (subject to hydrolysis) is 1. The molecule has 0 saturated carbocycles. The van der Waals surface area contributed by atoms with Crippen LogP contribution < -0.4 is 21.3 Å². The van der Waals surface area contributed by atoms with Gasteiger partial charge < -0.3 is 138 Å². The third kappa shape index (κ3) is 47.3. The van der Waals surface area contributed by atoms with E-state index in [-0.39, 0.29) is 33.0 Å². The maximum atomic E-state index is 14.4. The van der Waals surface area contributed by atoms with Gasteiger partial charge in [0, 0.05) is 43.2 Å². The molecule has 13 N–H and O–H groups in total. The molecule has 3 aromatic carbocycles. The van der Waals surface area contributed by atoms with E-state index in [1.807, 2.05) is 54.6 Å². The van der Waals surface area contributed by atoms with Crippen molar-refractivity contribution >= 4 is 105 Å². The maximum absolute atomic E-state index is 14.4. The number of Topliss-reactive ketones (excluding diaryl/α,β-unsaturated/α-hetero) is 1. The molecule has 0 unspecified atom stereocenters. The maximum Gasteiger partial charge on any atom is 0.407 e. The summed E-state index contributed by atoms with van der Waals surface area (Å²) in [5.41, 5.74) is -6.08. The molecule has 0 saturated heterocycles. The van der Waals surface area contributed by atoms with Crippen LogP contribution in [0.3, 0.4) is 0 Å². The Kier molecular flexibility index (Phi) is 50.4. The van der Waals surface area contributed by atoms with Crippen molar-refractivity contribution in [2.75, 3.05) is 192 Å². The first-order valence-electron chi connectivity index (χ1n) is 37.2. The molecule has 42 nitrogen and oxygen atoms in total. The zero-order valence-corrected chi connectivity index (χ0v) is 65.0. The van der Waals surface area contributed by atoms with Gasteiger partial charge in [-0.05, 0) is 27.6 Å². The topological polar surface area (TPSA) is 608 Å². The molecule has 0 aliphatic heterocycles. The standard InChI is InChI=1S/C75H108N4O38/c80-55(39-104-36-35-103-34-21-76-71(102)117-40-58-56-7-3-1-5-53(56)37-54-6-2-4-8-57(54)58)38-72(41-105-22-9-59(81)77-73(44-108-25-12-62(84)85,45-109-26-13-63(86)87)46-110-27-14-64(88)89,42-106-23-10-60(82)78-74(47-111-28-15-65(90)91,48-112-29-16-66(92)93)49-113-30-17-67(94)95)43-107-24-11-61(83)79-75(50-114-31-18-68(96)97,51-115-32-19-69(98)99)52-116-33-20-70(100)101/h1-8,37H,9-36,38-52H2,(H,76,102)(H,77,81)(H,78,82)(H,79,83)(H,84,85)(H,86,87)(H,88,89)(H,90,91)(H,92,93)(H,94,95)(H,96,97)(H,98,99)(H,100,101). The number of ether oxygens (including phenoxy) is 15. The second-order valence-corrected chi connectivity index (χ2v) is 26.8. The second kappa shape index (κ2) is 58.1. The van der Waals surface area contributed by atoms with Crippen LogP contribution in [0.25, 0.3) is 21.5 Å². The van der Waals surface area contributed by atoms with Gasteiger partial charge in [-0.25, -0.2) is 4.79 Å². The first kappa shape index (κ1) is 101. The van der Waals surface area contributed by atoms with Gasteiger partial charge in [-0.3, -0.25) is 62.3 Å². The van der Waals surface area contributed by atoms with E-state index in [2.05, 4.69) is 21.3 Å². The van der Waals surface area contributed by atoms with Crippen LogP contribution in [0, 0.1) is 5.41 Å². The van der Waals surface area contributed by atoms with Gasteiger partial charge in [-0.15, -0.1) is 0 Å². The van der Waals surface area contributed by atoms with Crippen LogP contribution in [-0.2, 0) is 140 Å². The highest BCUT2D eigenvalue weighted by Crippen LogP contribution is 2.30. The molecule has 0 heterocycles. The molecule has 0 aromatic heterocycles. The fourth-order valence-corrected chi connectivity index (χ4v) is 10.8. The van der Waals surface area contributed by atoms with Crippen LogP contribution >= 0.6 is 0 Å². The zero-order chi connectivity index (χ0) is 86.2. The van der Waals surface area contributed by atoms with Gasteiger partial charge in [0.25, 0.3) is 0 Å². The number of carbonyl (C=O) groups excluding carboxylic acids is 5. The molecule has 0 aliphatic carbocycles. The molecule has 3 rings (SSSR count). The summed E-state index contributed by atoms with van der Waals surface area (Å²) in [5, 5.41) is 98.2. The Labute approximate surface area is 671 Å². The Bertz CT molecular complexity index is 3140. The monoisotopic (exact) mass is 1670 g/mol. The third-order valence-corrected chi connectivity index (χ3v) is 16.4. The van der Waals surface area contributed by atoms with E-state index in [1.54, 1.807) is 0 Å². The molecule has 42 heteroatoms. The molecule has 656 valence electrons. The summed E-state index contributed by atoms with van der Waals surface area (Å²) in [5.74, 6) is -14.3. The first-order chi connectivity index (χ1) is 55.9. The minimum atomic E-state index is -1.73. The molecule has 0 fully saturated rings. The largest absolute Gasteiger partial charge is 0.481 e. The van der Waals surface area contributed by atoms with Gasteiger partial charge in [0.15, 0.2) is 5.78 Å². The lowest BCUT2D eigenvalue weighted by atomic mass is 9.85. The van der Waals surface area contributed by atoms with E-state index in [1.165, 1.54) is 0 Å². The minimum Gasteiger partial charge on any atom is -0.481 e. The number of rotatable bonds is 75. The molecular weight excluding hydrogens is 1560 g/mol. The molecule has 117 heavy (non-hydrogen) atoms. The van der Waals surface area contributed by atoms with Crippen LogP contribution in [-0.4, -0.2) is 337 Å². The van der Waals surface area contributed by atoms with E-state index in [0.29, 0.717) is 0 Å². The third-order valence-electron chi connectivity index (χ3n) is 16.4. The Balaban J connectivity index is 2.05. The fraction of sp³-hybridized carbons (Fsp3) is 0.627. The number of nitrogens with one attached hydrogen (secondary N) is 4. The van der Waals surface area contributed by atoms with Crippen molar-refractivity contribution in [3.05, 3.63) is 60.2 Å². The van der Waals surface area contributed by atoms with Gasteiger partial charge in [0.2, 0.25) is 17.7 Å². The van der Waals surface area contributed by atoms with E-state index >= 15 is 0 Å². The van der Waals surface area contributed by atoms with Crippen LogP contribution in [0.4, 0.5) is 4.79 Å². The predicted octanol–water partition coefficient (Wildman–Crippen LogP) is 1.40. The van der Waals surface area contributed by atoms with Crippen LogP contribution in [0.5, 0.6) is 0 Å². The lowest BCUT2D eigenvalue weighted by molar-refractivity contribution is -0.142. The minimum absolute atomic E-state index is 0.00326. The van der Waals surface area contributed by atoms with Crippen molar-refractivity contribution in [2.45, 2.75) is 107 Å². The van der Waals surface area contributed by atoms with Crippen molar-refractivity contribution in [1.82, 2.24) is 21.3 Å². The molecular formula is C75H108N4O38. The Morgan fingerprint density at radius 3 is 0.829 bits per heavy atom. The van der Waals surface area contributed by atoms with Crippen LogP contribution in [0.1, 0.15) is 89.0 Å². The van der Waals surface area contributed by atoms with Gasteiger partial charge >= 0.3 is 59.8 Å². The van der Waals surface area contributed by atoms with Crippen molar-refractivity contribution in [3.8, 4) is 0 Å². The number of carboxylic acids is 9.